The molecule has 0 spiro atoms. The van der Waals surface area contributed by atoms with Crippen molar-refractivity contribution in [3.05, 3.63) is 47.1 Å². The quantitative estimate of drug-likeness (QED) is 0.792. The zero-order valence-corrected chi connectivity index (χ0v) is 13.1. The maximum atomic E-state index is 12.8. The fourth-order valence-corrected chi connectivity index (χ4v) is 4.08. The molecule has 0 radical (unpaired) electrons. The number of furan rings is 1. The minimum Gasteiger partial charge on any atom is -0.465 e. The van der Waals surface area contributed by atoms with Gasteiger partial charge in [-0.1, -0.05) is 11.6 Å². The standard InChI is InChI=1S/C14H15ClN2O3S/c1-10-2-5-12(20-10)9-17(11-3-4-11)21(18,19)13-6-7-16-14(15)8-13/h2,5-8,11H,3-4,9H2,1H3. The largest absolute Gasteiger partial charge is 0.465 e. The van der Waals surface area contributed by atoms with Crippen LogP contribution < -0.4 is 0 Å². The minimum atomic E-state index is -3.60. The molecule has 2 aromatic heterocycles. The van der Waals surface area contributed by atoms with E-state index in [1.54, 1.807) is 6.07 Å². The van der Waals surface area contributed by atoms with Crippen LogP contribution in [0.15, 0.2) is 39.8 Å². The Morgan fingerprint density at radius 2 is 2.14 bits per heavy atom. The van der Waals surface area contributed by atoms with Gasteiger partial charge in [0.25, 0.3) is 0 Å². The summed E-state index contributed by atoms with van der Waals surface area (Å²) in [6, 6.07) is 6.51. The highest BCUT2D eigenvalue weighted by molar-refractivity contribution is 7.89. The third-order valence-corrected chi connectivity index (χ3v) is 5.47. The monoisotopic (exact) mass is 326 g/mol. The summed E-state index contributed by atoms with van der Waals surface area (Å²) in [6.45, 7) is 2.07. The van der Waals surface area contributed by atoms with Crippen molar-refractivity contribution in [1.29, 1.82) is 0 Å². The molecule has 0 bridgehead atoms. The lowest BCUT2D eigenvalue weighted by Gasteiger charge is -2.20. The Morgan fingerprint density at radius 1 is 1.38 bits per heavy atom. The van der Waals surface area contributed by atoms with E-state index < -0.39 is 10.0 Å². The van der Waals surface area contributed by atoms with Gasteiger partial charge in [0.15, 0.2) is 0 Å². The Labute approximate surface area is 128 Å². The summed E-state index contributed by atoms with van der Waals surface area (Å²) in [7, 11) is -3.60. The predicted molar refractivity (Wildman–Crippen MR) is 78.4 cm³/mol. The summed E-state index contributed by atoms with van der Waals surface area (Å²) in [5.41, 5.74) is 0. The Morgan fingerprint density at radius 3 is 2.71 bits per heavy atom. The van der Waals surface area contributed by atoms with Crippen molar-refractivity contribution < 1.29 is 12.8 Å². The first kappa shape index (κ1) is 14.6. The molecule has 7 heteroatoms. The highest BCUT2D eigenvalue weighted by Crippen LogP contribution is 2.34. The van der Waals surface area contributed by atoms with Crippen molar-refractivity contribution >= 4 is 21.6 Å². The van der Waals surface area contributed by atoms with Gasteiger partial charge in [-0.05, 0) is 44.0 Å². The van der Waals surface area contributed by atoms with Gasteiger partial charge >= 0.3 is 0 Å². The highest BCUT2D eigenvalue weighted by atomic mass is 35.5. The lowest BCUT2D eigenvalue weighted by Crippen LogP contribution is -2.32. The van der Waals surface area contributed by atoms with Crippen molar-refractivity contribution in [3.8, 4) is 0 Å². The van der Waals surface area contributed by atoms with Crippen LogP contribution in [0.1, 0.15) is 24.4 Å². The number of hydrogen-bond acceptors (Lipinski definition) is 4. The van der Waals surface area contributed by atoms with Gasteiger partial charge in [0, 0.05) is 12.2 Å². The van der Waals surface area contributed by atoms with Gasteiger partial charge in [-0.3, -0.25) is 0 Å². The van der Waals surface area contributed by atoms with Crippen LogP contribution >= 0.6 is 11.6 Å². The van der Waals surface area contributed by atoms with E-state index in [1.807, 2.05) is 13.0 Å². The number of halogens is 1. The third kappa shape index (κ3) is 3.12. The van der Waals surface area contributed by atoms with Crippen LogP contribution in [0.5, 0.6) is 0 Å². The summed E-state index contributed by atoms with van der Waals surface area (Å²) in [6.07, 6.45) is 3.15. The molecule has 3 rings (SSSR count). The first-order chi connectivity index (χ1) is 9.96. The van der Waals surface area contributed by atoms with Crippen molar-refractivity contribution in [1.82, 2.24) is 9.29 Å². The second-order valence-electron chi connectivity index (χ2n) is 5.11. The second kappa shape index (κ2) is 5.44. The Bertz CT molecular complexity index is 753. The van der Waals surface area contributed by atoms with Crippen LogP contribution in [0.3, 0.4) is 0 Å². The Balaban J connectivity index is 1.93. The first-order valence-corrected chi connectivity index (χ1v) is 8.47. The van der Waals surface area contributed by atoms with Gasteiger partial charge in [0.1, 0.15) is 16.7 Å². The van der Waals surface area contributed by atoms with Crippen molar-refractivity contribution in [2.45, 2.75) is 37.2 Å². The molecule has 1 saturated carbocycles. The normalized spacial score (nSPS) is 15.6. The average Bonchev–Trinajstić information content (AvgIpc) is 3.19. The van der Waals surface area contributed by atoms with Gasteiger partial charge in [-0.25, -0.2) is 13.4 Å². The summed E-state index contributed by atoms with van der Waals surface area (Å²) in [5, 5.41) is 0.167. The highest BCUT2D eigenvalue weighted by Gasteiger charge is 2.38. The van der Waals surface area contributed by atoms with E-state index in [2.05, 4.69) is 4.98 Å². The van der Waals surface area contributed by atoms with E-state index in [0.29, 0.717) is 5.76 Å². The molecule has 0 atom stereocenters. The first-order valence-electron chi connectivity index (χ1n) is 6.65. The Hall–Kier alpha value is -1.37. The number of nitrogens with zero attached hydrogens (tertiary/aromatic N) is 2. The molecular weight excluding hydrogens is 312 g/mol. The maximum Gasteiger partial charge on any atom is 0.243 e. The van der Waals surface area contributed by atoms with E-state index in [4.69, 9.17) is 16.0 Å². The van der Waals surface area contributed by atoms with Crippen LogP contribution in [0.4, 0.5) is 0 Å². The van der Waals surface area contributed by atoms with Crippen LogP contribution in [-0.2, 0) is 16.6 Å². The molecule has 0 aliphatic heterocycles. The maximum absolute atomic E-state index is 12.8. The summed E-state index contributed by atoms with van der Waals surface area (Å²) < 4.78 is 32.5. The fraction of sp³-hybridized carbons (Fsp3) is 0.357. The van der Waals surface area contributed by atoms with E-state index in [9.17, 15) is 8.42 Å². The van der Waals surface area contributed by atoms with Gasteiger partial charge < -0.3 is 4.42 Å². The van der Waals surface area contributed by atoms with E-state index in [1.165, 1.54) is 22.6 Å². The second-order valence-corrected chi connectivity index (χ2v) is 7.39. The lowest BCUT2D eigenvalue weighted by atomic mass is 10.4. The van der Waals surface area contributed by atoms with Crippen molar-refractivity contribution in [2.75, 3.05) is 0 Å². The SMILES string of the molecule is Cc1ccc(CN(C2CC2)S(=O)(=O)c2ccnc(Cl)c2)o1. The fourth-order valence-electron chi connectivity index (χ4n) is 2.18. The molecule has 1 aliphatic rings. The van der Waals surface area contributed by atoms with Gasteiger partial charge in [0.05, 0.1) is 11.4 Å². The van der Waals surface area contributed by atoms with Gasteiger partial charge in [-0.2, -0.15) is 4.31 Å². The molecule has 0 N–H and O–H groups in total. The minimum absolute atomic E-state index is 0.0346. The molecule has 0 unspecified atom stereocenters. The lowest BCUT2D eigenvalue weighted by molar-refractivity contribution is 0.351. The van der Waals surface area contributed by atoms with E-state index >= 15 is 0 Å². The number of rotatable bonds is 5. The molecule has 0 saturated heterocycles. The van der Waals surface area contributed by atoms with Gasteiger partial charge in [0.2, 0.25) is 10.0 Å². The number of aromatic nitrogens is 1. The van der Waals surface area contributed by atoms with Crippen LogP contribution in [0, 0.1) is 6.92 Å². The number of pyridine rings is 1. The Kier molecular flexibility index (Phi) is 3.77. The zero-order valence-electron chi connectivity index (χ0n) is 11.5. The average molecular weight is 327 g/mol. The molecule has 21 heavy (non-hydrogen) atoms. The van der Waals surface area contributed by atoms with Crippen LogP contribution in [0.2, 0.25) is 5.15 Å². The molecule has 1 fully saturated rings. The molecule has 0 amide bonds. The van der Waals surface area contributed by atoms with Gasteiger partial charge in [-0.15, -0.1) is 0 Å². The van der Waals surface area contributed by atoms with Crippen LogP contribution in [0.25, 0.3) is 0 Å². The molecule has 0 aromatic carbocycles. The molecular formula is C14H15ClN2O3S. The number of aryl methyl sites for hydroxylation is 1. The van der Waals surface area contributed by atoms with Crippen LogP contribution in [-0.4, -0.2) is 23.7 Å². The zero-order chi connectivity index (χ0) is 15.0. The number of sulfonamides is 1. The van der Waals surface area contributed by atoms with E-state index in [-0.39, 0.29) is 22.6 Å². The van der Waals surface area contributed by atoms with E-state index in [0.717, 1.165) is 18.6 Å². The molecule has 2 heterocycles. The van der Waals surface area contributed by atoms with Crippen molar-refractivity contribution in [3.63, 3.8) is 0 Å². The summed E-state index contributed by atoms with van der Waals surface area (Å²) in [5.74, 6) is 1.41. The molecule has 112 valence electrons. The predicted octanol–water partition coefficient (Wildman–Crippen LogP) is 2.99. The molecule has 1 aliphatic carbocycles. The summed E-state index contributed by atoms with van der Waals surface area (Å²) >= 11 is 5.80. The molecule has 5 nitrogen and oxygen atoms in total. The topological polar surface area (TPSA) is 63.4 Å². The number of hydrogen-bond donors (Lipinski definition) is 0. The third-order valence-electron chi connectivity index (χ3n) is 3.37. The summed E-state index contributed by atoms with van der Waals surface area (Å²) in [4.78, 5) is 3.99. The smallest absolute Gasteiger partial charge is 0.243 e. The molecule has 2 aromatic rings. The van der Waals surface area contributed by atoms with Crippen molar-refractivity contribution in [2.24, 2.45) is 0 Å².